The van der Waals surface area contributed by atoms with Crippen LogP contribution in [0.5, 0.6) is 0 Å². The van der Waals surface area contributed by atoms with Gasteiger partial charge in [-0.15, -0.1) is 0 Å². The van der Waals surface area contributed by atoms with Gasteiger partial charge in [-0.05, 0) is 0 Å². The molecule has 0 aliphatic heterocycles. The Hall–Kier alpha value is -0.820. The second-order valence-corrected chi connectivity index (χ2v) is 4.68. The van der Waals surface area contributed by atoms with Crippen molar-refractivity contribution in [3.05, 3.63) is 65.7 Å². The van der Waals surface area contributed by atoms with Crippen molar-refractivity contribution >= 4 is 42.9 Å². The van der Waals surface area contributed by atoms with Gasteiger partial charge in [-0.1, -0.05) is 0 Å². The Kier molecular flexibility index (Phi) is 3.79. The molecule has 0 saturated heterocycles. The molecular weight excluding hydrogens is 191 g/mol. The molecule has 2 aromatic rings. The van der Waals surface area contributed by atoms with Gasteiger partial charge in [-0.25, -0.2) is 0 Å². The van der Waals surface area contributed by atoms with E-state index < -0.39 is 0 Å². The second kappa shape index (κ2) is 5.32. The Balaban J connectivity index is 2.23. The quantitative estimate of drug-likeness (QED) is 0.518. The summed E-state index contributed by atoms with van der Waals surface area (Å²) >= 11 is 1.10. The first-order chi connectivity index (χ1) is 7.36. The van der Waals surface area contributed by atoms with Gasteiger partial charge in [-0.2, -0.15) is 0 Å². The maximum absolute atomic E-state index is 2.19. The van der Waals surface area contributed by atoms with Crippen molar-refractivity contribution in [2.24, 2.45) is 0 Å². The van der Waals surface area contributed by atoms with E-state index in [0.29, 0.717) is 0 Å². The predicted octanol–water partition coefficient (Wildman–Crippen LogP) is 2.65. The van der Waals surface area contributed by atoms with Gasteiger partial charge in [0, 0.05) is 0 Å². The summed E-state index contributed by atoms with van der Waals surface area (Å²) < 4.78 is 1.45. The minimum absolute atomic E-state index is 1.10. The van der Waals surface area contributed by atoms with E-state index in [1.807, 2.05) is 6.07 Å². The normalized spacial score (nSPS) is 10.8. The van der Waals surface area contributed by atoms with Crippen LogP contribution < -0.4 is 2.81 Å². The fourth-order valence-corrected chi connectivity index (χ4v) is 2.05. The van der Waals surface area contributed by atoms with Crippen LogP contribution in [0.15, 0.2) is 54.6 Å². The van der Waals surface area contributed by atoms with Gasteiger partial charge in [0.05, 0.1) is 0 Å². The molecule has 15 heavy (non-hydrogen) atoms. The molecule has 0 spiro atoms. The van der Waals surface area contributed by atoms with E-state index in [4.69, 9.17) is 0 Å². The summed E-state index contributed by atoms with van der Waals surface area (Å²) in [5, 5.41) is 0. The van der Waals surface area contributed by atoms with Crippen molar-refractivity contribution in [2.45, 2.75) is 0 Å². The van der Waals surface area contributed by atoms with E-state index in [0.717, 1.165) is 27.9 Å². The molecule has 0 radical (unpaired) electrons. The summed E-state index contributed by atoms with van der Waals surface area (Å²) in [5.41, 5.74) is 2.59. The summed E-state index contributed by atoms with van der Waals surface area (Å²) in [6.07, 6.45) is 4.36. The summed E-state index contributed by atoms with van der Waals surface area (Å²) in [4.78, 5) is 0. The van der Waals surface area contributed by atoms with Crippen molar-refractivity contribution < 1.29 is 0 Å². The van der Waals surface area contributed by atoms with Crippen LogP contribution >= 0.6 is 0 Å². The third-order valence-electron chi connectivity index (χ3n) is 2.44. The molecule has 0 aliphatic carbocycles. The van der Waals surface area contributed by atoms with Crippen molar-refractivity contribution in [1.29, 1.82) is 0 Å². The number of benzene rings is 2. The van der Waals surface area contributed by atoms with Crippen LogP contribution in [0.1, 0.15) is 11.1 Å². The van der Waals surface area contributed by atoms with E-state index in [-0.39, 0.29) is 0 Å². The molecule has 68 valence electrons. The Bertz CT molecular complexity index is 458. The molecule has 1 heteroatoms. The van der Waals surface area contributed by atoms with Crippen molar-refractivity contribution in [3.8, 4) is 0 Å². The van der Waals surface area contributed by atoms with Crippen LogP contribution in [0.2, 0.25) is 0 Å². The topological polar surface area (TPSA) is 0 Å². The Labute approximate surface area is 108 Å². The molecule has 0 atom stereocenters. The van der Waals surface area contributed by atoms with Crippen LogP contribution in [-0.2, 0) is 0 Å². The molecule has 2 aromatic carbocycles. The molecule has 0 saturated carbocycles. The first kappa shape index (κ1) is 10.7. The standard InChI is InChI=1S/C14H11.Na/c1-3-7-13(8-4-1)11-12-14-9-5-2-6-10-14;/h1-9,11-12H;. The van der Waals surface area contributed by atoms with Gasteiger partial charge in [0.15, 0.2) is 0 Å². The number of hydrogen-bond acceptors (Lipinski definition) is 0. The predicted molar refractivity (Wildman–Crippen MR) is 67.2 cm³/mol. The number of rotatable bonds is 2. The van der Waals surface area contributed by atoms with Gasteiger partial charge in [0.2, 0.25) is 0 Å². The molecule has 0 N–H and O–H groups in total. The van der Waals surface area contributed by atoms with Crippen molar-refractivity contribution in [1.82, 2.24) is 0 Å². The average molecular weight is 202 g/mol. The fraction of sp³-hybridized carbons (Fsp3) is 0. The van der Waals surface area contributed by atoms with Gasteiger partial charge in [0.1, 0.15) is 0 Å². The zero-order valence-electron chi connectivity index (χ0n) is 8.85. The molecule has 0 unspecified atom stereocenters. The van der Waals surface area contributed by atoms with E-state index in [9.17, 15) is 0 Å². The minimum atomic E-state index is 1.10. The van der Waals surface area contributed by atoms with E-state index in [1.54, 1.807) is 0 Å². The van der Waals surface area contributed by atoms with Crippen LogP contribution in [-0.4, -0.2) is 27.9 Å². The third kappa shape index (κ3) is 3.07. The molecule has 0 amide bonds. The van der Waals surface area contributed by atoms with E-state index >= 15 is 0 Å². The SMILES string of the molecule is [Na][c]1ccccc1C=Cc1ccccc1. The summed E-state index contributed by atoms with van der Waals surface area (Å²) in [6.45, 7) is 0. The zero-order valence-corrected chi connectivity index (χ0v) is 10.9. The Morgan fingerprint density at radius 2 is 1.40 bits per heavy atom. The molecule has 0 aliphatic rings. The first-order valence-corrected chi connectivity index (χ1v) is 6.15. The zero-order chi connectivity index (χ0) is 10.5. The molecular formula is C14H11Na. The average Bonchev–Trinajstić information content (AvgIpc) is 2.29. The Morgan fingerprint density at radius 3 is 2.13 bits per heavy atom. The second-order valence-electron chi connectivity index (χ2n) is 3.60. The van der Waals surface area contributed by atoms with E-state index in [2.05, 4.69) is 60.7 Å². The van der Waals surface area contributed by atoms with E-state index in [1.165, 1.54) is 13.9 Å². The molecule has 0 aromatic heterocycles. The van der Waals surface area contributed by atoms with Gasteiger partial charge in [0.25, 0.3) is 0 Å². The molecule has 0 nitrogen and oxygen atoms in total. The monoisotopic (exact) mass is 202 g/mol. The molecule has 0 heterocycles. The van der Waals surface area contributed by atoms with Crippen LogP contribution in [0, 0.1) is 0 Å². The number of hydrogen-bond donors (Lipinski definition) is 0. The fourth-order valence-electron chi connectivity index (χ4n) is 1.52. The van der Waals surface area contributed by atoms with Gasteiger partial charge in [-0.3, -0.25) is 0 Å². The Morgan fingerprint density at radius 1 is 0.733 bits per heavy atom. The van der Waals surface area contributed by atoms with Crippen LogP contribution in [0.25, 0.3) is 12.2 Å². The third-order valence-corrected chi connectivity index (χ3v) is 3.35. The van der Waals surface area contributed by atoms with Gasteiger partial charge < -0.3 is 0 Å². The maximum atomic E-state index is 2.19. The summed E-state index contributed by atoms with van der Waals surface area (Å²) in [6, 6.07) is 18.9. The first-order valence-electron chi connectivity index (χ1n) is 5.15. The summed E-state index contributed by atoms with van der Waals surface area (Å²) in [7, 11) is 0. The molecule has 0 fully saturated rings. The molecule has 2 rings (SSSR count). The van der Waals surface area contributed by atoms with Crippen LogP contribution in [0.3, 0.4) is 0 Å². The van der Waals surface area contributed by atoms with Crippen LogP contribution in [0.4, 0.5) is 0 Å². The molecule has 0 bridgehead atoms. The summed E-state index contributed by atoms with van der Waals surface area (Å²) in [5.74, 6) is 0. The van der Waals surface area contributed by atoms with Gasteiger partial charge >= 0.3 is 109 Å². The van der Waals surface area contributed by atoms with Crippen molar-refractivity contribution in [3.63, 3.8) is 0 Å². The van der Waals surface area contributed by atoms with Crippen molar-refractivity contribution in [2.75, 3.05) is 0 Å².